The average Bonchev–Trinajstić information content (AvgIpc) is 2.42. The maximum Gasteiger partial charge on any atom is 0.226 e. The van der Waals surface area contributed by atoms with Crippen LogP contribution in [0.15, 0.2) is 22.4 Å². The molecule has 1 aliphatic rings. The fourth-order valence-corrected chi connectivity index (χ4v) is 1.53. The molecule has 0 amide bonds. The summed E-state index contributed by atoms with van der Waals surface area (Å²) in [5.74, 6) is 1.26. The van der Waals surface area contributed by atoms with E-state index in [0.717, 1.165) is 19.6 Å². The lowest BCUT2D eigenvalue weighted by Crippen LogP contribution is -2.40. The molecule has 18 heavy (non-hydrogen) atoms. The fraction of sp³-hybridized carbons (Fsp3) is 0.667. The van der Waals surface area contributed by atoms with E-state index >= 15 is 0 Å². The number of rotatable bonds is 5. The van der Waals surface area contributed by atoms with E-state index < -0.39 is 0 Å². The Kier molecular flexibility index (Phi) is 6.38. The van der Waals surface area contributed by atoms with Crippen LogP contribution in [-0.2, 0) is 9.47 Å². The number of ether oxygens (including phenoxy) is 2. The summed E-state index contributed by atoms with van der Waals surface area (Å²) in [5, 5.41) is 0. The molecule has 6 nitrogen and oxygen atoms in total. The van der Waals surface area contributed by atoms with Gasteiger partial charge < -0.3 is 19.3 Å². The summed E-state index contributed by atoms with van der Waals surface area (Å²) in [5.41, 5.74) is 0. The Morgan fingerprint density at radius 3 is 2.67 bits per heavy atom. The zero-order valence-electron chi connectivity index (χ0n) is 11.3. The average molecular weight is 254 g/mol. The van der Waals surface area contributed by atoms with Crippen LogP contribution in [0.1, 0.15) is 0 Å². The van der Waals surface area contributed by atoms with Crippen molar-refractivity contribution in [3.8, 4) is 0 Å². The van der Waals surface area contributed by atoms with Gasteiger partial charge in [0, 0.05) is 33.8 Å². The lowest BCUT2D eigenvalue weighted by atomic mass is 10.4. The van der Waals surface area contributed by atoms with E-state index in [9.17, 15) is 0 Å². The molecule has 0 aromatic carbocycles. The molecule has 0 bridgehead atoms. The van der Waals surface area contributed by atoms with Gasteiger partial charge in [-0.05, 0) is 6.72 Å². The quantitative estimate of drug-likeness (QED) is 0.527. The topological polar surface area (TPSA) is 49.7 Å². The Labute approximate surface area is 109 Å². The van der Waals surface area contributed by atoms with E-state index in [1.165, 1.54) is 0 Å². The Morgan fingerprint density at radius 1 is 1.44 bits per heavy atom. The molecule has 6 heteroatoms. The highest BCUT2D eigenvalue weighted by atomic mass is 16.5. The largest absolute Gasteiger partial charge is 0.383 e. The number of methoxy groups -OCH3 is 1. The zero-order chi connectivity index (χ0) is 13.4. The molecule has 0 aromatic heterocycles. The van der Waals surface area contributed by atoms with Gasteiger partial charge in [0.25, 0.3) is 0 Å². The highest BCUT2D eigenvalue weighted by Gasteiger charge is 2.14. The SMILES string of the molecule is C=NC(=NC(=C)N(C)CCOC)N1CCOCC1. The fourth-order valence-electron chi connectivity index (χ4n) is 1.53. The number of likely N-dealkylation sites (N-methyl/N-ethyl adjacent to an activating group) is 1. The summed E-state index contributed by atoms with van der Waals surface area (Å²) in [6.07, 6.45) is 0. The van der Waals surface area contributed by atoms with E-state index in [0.29, 0.717) is 31.6 Å². The summed E-state index contributed by atoms with van der Waals surface area (Å²) in [6.45, 7) is 11.8. The van der Waals surface area contributed by atoms with E-state index in [1.807, 2.05) is 16.8 Å². The number of guanidine groups is 1. The zero-order valence-corrected chi connectivity index (χ0v) is 11.3. The minimum absolute atomic E-state index is 0.604. The minimum Gasteiger partial charge on any atom is -0.383 e. The van der Waals surface area contributed by atoms with Crippen molar-refractivity contribution in [2.24, 2.45) is 9.98 Å². The Morgan fingerprint density at radius 2 is 2.11 bits per heavy atom. The van der Waals surface area contributed by atoms with Crippen molar-refractivity contribution < 1.29 is 9.47 Å². The third-order valence-corrected chi connectivity index (χ3v) is 2.74. The van der Waals surface area contributed by atoms with Crippen LogP contribution in [0.25, 0.3) is 0 Å². The van der Waals surface area contributed by atoms with Crippen LogP contribution in [0.3, 0.4) is 0 Å². The summed E-state index contributed by atoms with van der Waals surface area (Å²) >= 11 is 0. The van der Waals surface area contributed by atoms with Gasteiger partial charge in [0.15, 0.2) is 0 Å². The maximum atomic E-state index is 5.29. The summed E-state index contributed by atoms with van der Waals surface area (Å²) in [6, 6.07) is 0. The van der Waals surface area contributed by atoms with Gasteiger partial charge >= 0.3 is 0 Å². The van der Waals surface area contributed by atoms with Crippen LogP contribution >= 0.6 is 0 Å². The van der Waals surface area contributed by atoms with E-state index in [2.05, 4.69) is 23.3 Å². The molecule has 0 unspecified atom stereocenters. The number of hydrogen-bond donors (Lipinski definition) is 0. The summed E-state index contributed by atoms with van der Waals surface area (Å²) in [7, 11) is 3.59. The van der Waals surface area contributed by atoms with Crippen LogP contribution in [0, 0.1) is 0 Å². The van der Waals surface area contributed by atoms with Gasteiger partial charge in [-0.3, -0.25) is 0 Å². The van der Waals surface area contributed by atoms with Crippen molar-refractivity contribution in [2.45, 2.75) is 0 Å². The number of morpholine rings is 1. The van der Waals surface area contributed by atoms with Gasteiger partial charge in [0.05, 0.1) is 19.8 Å². The Hall–Kier alpha value is -1.40. The molecule has 0 atom stereocenters. The first-order valence-corrected chi connectivity index (χ1v) is 5.96. The molecule has 1 aliphatic heterocycles. The molecule has 1 saturated heterocycles. The van der Waals surface area contributed by atoms with Gasteiger partial charge in [0.2, 0.25) is 5.96 Å². The highest BCUT2D eigenvalue weighted by Crippen LogP contribution is 2.05. The molecule has 1 heterocycles. The van der Waals surface area contributed by atoms with E-state index in [1.54, 1.807) is 7.11 Å². The van der Waals surface area contributed by atoms with Crippen molar-refractivity contribution in [1.29, 1.82) is 0 Å². The molecule has 0 saturated carbocycles. The van der Waals surface area contributed by atoms with E-state index in [-0.39, 0.29) is 0 Å². The summed E-state index contributed by atoms with van der Waals surface area (Å²) < 4.78 is 10.3. The molecule has 1 rings (SSSR count). The lowest BCUT2D eigenvalue weighted by molar-refractivity contribution is 0.0675. The van der Waals surface area contributed by atoms with Gasteiger partial charge in [-0.1, -0.05) is 6.58 Å². The molecule has 1 fully saturated rings. The van der Waals surface area contributed by atoms with Gasteiger partial charge in [-0.15, -0.1) is 0 Å². The number of hydrogen-bond acceptors (Lipinski definition) is 4. The van der Waals surface area contributed by atoms with Crippen molar-refractivity contribution in [2.75, 3.05) is 53.6 Å². The molecular formula is C12H22N4O2. The van der Waals surface area contributed by atoms with Crippen LogP contribution in [0.4, 0.5) is 0 Å². The number of aliphatic imine (C=N–C) groups is 2. The van der Waals surface area contributed by atoms with Crippen molar-refractivity contribution in [1.82, 2.24) is 9.80 Å². The second kappa shape index (κ2) is 7.84. The minimum atomic E-state index is 0.604. The predicted octanol–water partition coefficient (Wildman–Crippen LogP) is 0.425. The molecule has 0 aliphatic carbocycles. The second-order valence-corrected chi connectivity index (χ2v) is 4.00. The second-order valence-electron chi connectivity index (χ2n) is 4.00. The summed E-state index contributed by atoms with van der Waals surface area (Å²) in [4.78, 5) is 12.3. The first-order chi connectivity index (χ1) is 8.69. The van der Waals surface area contributed by atoms with Crippen LogP contribution < -0.4 is 0 Å². The molecule has 102 valence electrons. The molecule has 0 radical (unpaired) electrons. The van der Waals surface area contributed by atoms with Crippen molar-refractivity contribution in [3.05, 3.63) is 12.4 Å². The third-order valence-electron chi connectivity index (χ3n) is 2.74. The monoisotopic (exact) mass is 254 g/mol. The van der Waals surface area contributed by atoms with Crippen LogP contribution in [0.5, 0.6) is 0 Å². The maximum absolute atomic E-state index is 5.29. The highest BCUT2D eigenvalue weighted by molar-refractivity contribution is 5.85. The smallest absolute Gasteiger partial charge is 0.226 e. The standard InChI is InChI=1S/C12H22N4O2/c1-11(15(3)5-8-17-4)14-12(13-2)16-6-9-18-10-7-16/h1-2,5-10H2,3-4H3. The molecular weight excluding hydrogens is 232 g/mol. The van der Waals surface area contributed by atoms with Crippen LogP contribution in [0.2, 0.25) is 0 Å². The predicted molar refractivity (Wildman–Crippen MR) is 73.0 cm³/mol. The van der Waals surface area contributed by atoms with E-state index in [4.69, 9.17) is 9.47 Å². The first kappa shape index (κ1) is 14.7. The number of nitrogens with zero attached hydrogens (tertiary/aromatic N) is 4. The molecule has 0 N–H and O–H groups in total. The third kappa shape index (κ3) is 4.46. The Bertz CT molecular complexity index is 311. The molecule has 0 aromatic rings. The van der Waals surface area contributed by atoms with Gasteiger partial charge in [-0.25, -0.2) is 4.99 Å². The normalized spacial score (nSPS) is 16.6. The van der Waals surface area contributed by atoms with Crippen molar-refractivity contribution in [3.63, 3.8) is 0 Å². The van der Waals surface area contributed by atoms with Gasteiger partial charge in [0.1, 0.15) is 5.82 Å². The van der Waals surface area contributed by atoms with Crippen molar-refractivity contribution >= 4 is 12.7 Å². The lowest BCUT2D eigenvalue weighted by Gasteiger charge is -2.28. The Balaban J connectivity index is 2.59. The van der Waals surface area contributed by atoms with Gasteiger partial charge in [-0.2, -0.15) is 4.99 Å². The first-order valence-electron chi connectivity index (χ1n) is 5.96. The molecule has 0 spiro atoms. The van der Waals surface area contributed by atoms with Crippen LogP contribution in [-0.4, -0.2) is 76.1 Å².